The maximum Gasteiger partial charge on any atom is 0.159 e. The van der Waals surface area contributed by atoms with Crippen LogP contribution in [0.4, 0.5) is 17.1 Å². The molecule has 0 aliphatic rings. The number of hydrogen-bond acceptors (Lipinski definition) is 3. The normalized spacial score (nSPS) is 11.5. The lowest BCUT2D eigenvalue weighted by molar-refractivity contribution is 0.669. The van der Waals surface area contributed by atoms with Crippen molar-refractivity contribution in [1.82, 2.24) is 0 Å². The largest absolute Gasteiger partial charge is 0.455 e. The van der Waals surface area contributed by atoms with E-state index in [0.717, 1.165) is 88.8 Å². The summed E-state index contributed by atoms with van der Waals surface area (Å²) in [6.45, 7) is 0. The van der Waals surface area contributed by atoms with Gasteiger partial charge in [0, 0.05) is 38.5 Å². The Morgan fingerprint density at radius 2 is 0.843 bits per heavy atom. The molecule has 0 aliphatic heterocycles. The van der Waals surface area contributed by atoms with Crippen molar-refractivity contribution in [3.63, 3.8) is 0 Å². The van der Waals surface area contributed by atoms with Crippen molar-refractivity contribution in [2.75, 3.05) is 4.90 Å². The molecule has 0 saturated heterocycles. The highest BCUT2D eigenvalue weighted by atomic mass is 16.3. The third-order valence-corrected chi connectivity index (χ3v) is 9.90. The number of rotatable bonds is 6. The van der Waals surface area contributed by atoms with Crippen molar-refractivity contribution < 1.29 is 8.83 Å². The van der Waals surface area contributed by atoms with E-state index >= 15 is 0 Å². The van der Waals surface area contributed by atoms with Crippen LogP contribution >= 0.6 is 0 Å². The minimum absolute atomic E-state index is 0.846. The van der Waals surface area contributed by atoms with E-state index in [4.69, 9.17) is 8.83 Å². The molecule has 0 unspecified atom stereocenters. The fourth-order valence-electron chi connectivity index (χ4n) is 7.49. The van der Waals surface area contributed by atoms with Gasteiger partial charge in [0.25, 0.3) is 0 Å². The number of furan rings is 2. The quantitative estimate of drug-likeness (QED) is 0.179. The van der Waals surface area contributed by atoms with Crippen LogP contribution in [-0.2, 0) is 0 Å². The Kier molecular flexibility index (Phi) is 6.81. The summed E-state index contributed by atoms with van der Waals surface area (Å²) in [5, 5.41) is 4.41. The first-order valence-electron chi connectivity index (χ1n) is 17.3. The minimum Gasteiger partial charge on any atom is -0.455 e. The molecule has 240 valence electrons. The van der Waals surface area contributed by atoms with Gasteiger partial charge in [-0.15, -0.1) is 0 Å². The van der Waals surface area contributed by atoms with E-state index in [1.807, 2.05) is 24.3 Å². The highest BCUT2D eigenvalue weighted by Gasteiger charge is 2.22. The summed E-state index contributed by atoms with van der Waals surface area (Å²) in [7, 11) is 0. The Bertz CT molecular complexity index is 2850. The second kappa shape index (κ2) is 11.9. The molecule has 10 aromatic rings. The van der Waals surface area contributed by atoms with Gasteiger partial charge in [0.05, 0.1) is 5.69 Å². The number of fused-ring (bicyclic) bond motifs is 6. The molecule has 0 spiro atoms. The molecule has 0 N–H and O–H groups in total. The van der Waals surface area contributed by atoms with Crippen molar-refractivity contribution in [2.24, 2.45) is 0 Å². The van der Waals surface area contributed by atoms with Crippen LogP contribution in [0.5, 0.6) is 0 Å². The lowest BCUT2D eigenvalue weighted by Gasteiger charge is -2.27. The molecule has 10 rings (SSSR count). The van der Waals surface area contributed by atoms with Crippen LogP contribution < -0.4 is 4.90 Å². The van der Waals surface area contributed by atoms with Gasteiger partial charge in [-0.3, -0.25) is 0 Å². The second-order valence-electron chi connectivity index (χ2n) is 12.9. The molecule has 0 fully saturated rings. The van der Waals surface area contributed by atoms with Crippen LogP contribution in [0, 0.1) is 0 Å². The molecular weight excluding hydrogens is 623 g/mol. The number of nitrogens with zero attached hydrogens (tertiary/aromatic N) is 1. The van der Waals surface area contributed by atoms with Crippen LogP contribution in [-0.4, -0.2) is 0 Å². The predicted octanol–water partition coefficient (Wildman–Crippen LogP) is 14.0. The van der Waals surface area contributed by atoms with Gasteiger partial charge in [-0.05, 0) is 70.3 Å². The summed E-state index contributed by atoms with van der Waals surface area (Å²) >= 11 is 0. The van der Waals surface area contributed by atoms with Gasteiger partial charge in [-0.25, -0.2) is 0 Å². The smallest absolute Gasteiger partial charge is 0.159 e. The average molecular weight is 654 g/mol. The van der Waals surface area contributed by atoms with Crippen LogP contribution in [0.3, 0.4) is 0 Å². The van der Waals surface area contributed by atoms with Gasteiger partial charge in [0.2, 0.25) is 0 Å². The zero-order valence-corrected chi connectivity index (χ0v) is 27.7. The third kappa shape index (κ3) is 4.90. The first-order chi connectivity index (χ1) is 25.3. The number of para-hydroxylation sites is 4. The van der Waals surface area contributed by atoms with Gasteiger partial charge >= 0.3 is 0 Å². The first-order valence-corrected chi connectivity index (χ1v) is 17.3. The Morgan fingerprint density at radius 1 is 0.314 bits per heavy atom. The van der Waals surface area contributed by atoms with Gasteiger partial charge in [-0.2, -0.15) is 0 Å². The molecule has 0 amide bonds. The van der Waals surface area contributed by atoms with E-state index < -0.39 is 0 Å². The van der Waals surface area contributed by atoms with Crippen molar-refractivity contribution >= 4 is 60.9 Å². The standard InChI is InChI=1S/C48H31NO2/c1-3-13-32(14-4-1)33-25-27-35(28-26-33)49(44-22-12-21-41-39-18-8-10-24-46(39)51-48(41)44)36-29-30-37(34-15-5-2-6-16-34)43(31-36)42-20-11-19-40-38-17-7-9-23-45(38)50-47(40)42/h1-31H. The zero-order valence-electron chi connectivity index (χ0n) is 27.7. The molecular formula is C48H31NO2. The molecule has 0 atom stereocenters. The summed E-state index contributed by atoms with van der Waals surface area (Å²) in [6, 6.07) is 66.1. The number of benzene rings is 8. The van der Waals surface area contributed by atoms with Crippen LogP contribution in [0.15, 0.2) is 197 Å². The molecule has 0 saturated carbocycles. The van der Waals surface area contributed by atoms with E-state index in [1.54, 1.807) is 0 Å². The monoisotopic (exact) mass is 653 g/mol. The van der Waals surface area contributed by atoms with E-state index in [-0.39, 0.29) is 0 Å². The second-order valence-corrected chi connectivity index (χ2v) is 12.9. The number of anilines is 3. The van der Waals surface area contributed by atoms with Crippen LogP contribution in [0.25, 0.3) is 77.3 Å². The molecule has 8 aromatic carbocycles. The first kappa shape index (κ1) is 29.1. The van der Waals surface area contributed by atoms with E-state index in [2.05, 4.69) is 169 Å². The van der Waals surface area contributed by atoms with Crippen molar-refractivity contribution in [1.29, 1.82) is 0 Å². The molecule has 0 bridgehead atoms. The Morgan fingerprint density at radius 3 is 1.55 bits per heavy atom. The minimum atomic E-state index is 0.846. The van der Waals surface area contributed by atoms with E-state index in [9.17, 15) is 0 Å². The van der Waals surface area contributed by atoms with Gasteiger partial charge in [-0.1, -0.05) is 146 Å². The molecule has 51 heavy (non-hydrogen) atoms. The van der Waals surface area contributed by atoms with Gasteiger partial charge < -0.3 is 13.7 Å². The SMILES string of the molecule is c1ccc(-c2ccc(N(c3ccc(-c4ccccc4)c(-c4cccc5c4oc4ccccc45)c3)c3cccc4c3oc3ccccc34)cc2)cc1. The van der Waals surface area contributed by atoms with Crippen LogP contribution in [0.2, 0.25) is 0 Å². The predicted molar refractivity (Wildman–Crippen MR) is 212 cm³/mol. The summed E-state index contributed by atoms with van der Waals surface area (Å²) in [5.41, 5.74) is 13.3. The topological polar surface area (TPSA) is 29.5 Å². The molecule has 0 aliphatic carbocycles. The Hall–Kier alpha value is -6.84. The van der Waals surface area contributed by atoms with Crippen molar-refractivity contribution in [2.45, 2.75) is 0 Å². The lowest BCUT2D eigenvalue weighted by Crippen LogP contribution is -2.10. The maximum atomic E-state index is 6.64. The molecule has 3 nitrogen and oxygen atoms in total. The average Bonchev–Trinajstić information content (AvgIpc) is 3.78. The maximum absolute atomic E-state index is 6.64. The molecule has 2 aromatic heterocycles. The highest BCUT2D eigenvalue weighted by Crippen LogP contribution is 2.46. The van der Waals surface area contributed by atoms with Crippen molar-refractivity contribution in [3.05, 3.63) is 188 Å². The third-order valence-electron chi connectivity index (χ3n) is 9.90. The summed E-state index contributed by atoms with van der Waals surface area (Å²) in [4.78, 5) is 2.32. The van der Waals surface area contributed by atoms with Crippen LogP contribution in [0.1, 0.15) is 0 Å². The van der Waals surface area contributed by atoms with Gasteiger partial charge in [0.1, 0.15) is 16.7 Å². The van der Waals surface area contributed by atoms with Crippen molar-refractivity contribution in [3.8, 4) is 33.4 Å². The van der Waals surface area contributed by atoms with Gasteiger partial charge in [0.15, 0.2) is 5.58 Å². The summed E-state index contributed by atoms with van der Waals surface area (Å²) in [5.74, 6) is 0. The Labute approximate surface area is 295 Å². The Balaban J connectivity index is 1.23. The highest BCUT2D eigenvalue weighted by molar-refractivity contribution is 6.12. The zero-order chi connectivity index (χ0) is 33.7. The molecule has 3 heteroatoms. The molecule has 2 heterocycles. The fourth-order valence-corrected chi connectivity index (χ4v) is 7.49. The molecule has 0 radical (unpaired) electrons. The van der Waals surface area contributed by atoms with E-state index in [1.165, 1.54) is 5.56 Å². The number of hydrogen-bond donors (Lipinski definition) is 0. The van der Waals surface area contributed by atoms with E-state index in [0.29, 0.717) is 0 Å². The fraction of sp³-hybridized carbons (Fsp3) is 0. The summed E-state index contributed by atoms with van der Waals surface area (Å²) < 4.78 is 13.3. The lowest BCUT2D eigenvalue weighted by atomic mass is 9.92. The summed E-state index contributed by atoms with van der Waals surface area (Å²) in [6.07, 6.45) is 0.